The Balaban J connectivity index is 1.69. The third-order valence-electron chi connectivity index (χ3n) is 4.56. The maximum Gasteiger partial charge on any atom is 0.256 e. The third kappa shape index (κ3) is 3.99. The summed E-state index contributed by atoms with van der Waals surface area (Å²) in [5.74, 6) is -0.331. The molecular weight excluding hydrogens is 362 g/mol. The van der Waals surface area contributed by atoms with Gasteiger partial charge in [-0.2, -0.15) is 0 Å². The number of rotatable bonds is 4. The van der Waals surface area contributed by atoms with E-state index < -0.39 is 0 Å². The molecule has 4 rings (SSSR count). The first-order chi connectivity index (χ1) is 14.1. The molecule has 2 N–H and O–H groups in total. The number of anilines is 2. The first-order valence-corrected chi connectivity index (χ1v) is 9.24. The van der Waals surface area contributed by atoms with E-state index in [2.05, 4.69) is 15.6 Å². The number of hydrogen-bond acceptors (Lipinski definition) is 3. The topological polar surface area (TPSA) is 71.1 Å². The number of carbonyl (C=O) groups excluding carboxylic acids is 2. The molecule has 4 aromatic rings. The first kappa shape index (κ1) is 18.4. The quantitative estimate of drug-likeness (QED) is 0.516. The molecule has 0 saturated carbocycles. The highest BCUT2D eigenvalue weighted by molar-refractivity contribution is 6.13. The molecule has 29 heavy (non-hydrogen) atoms. The number of carbonyl (C=O) groups is 2. The second-order valence-corrected chi connectivity index (χ2v) is 6.64. The highest BCUT2D eigenvalue weighted by atomic mass is 16.2. The van der Waals surface area contributed by atoms with E-state index in [0.717, 1.165) is 22.0 Å². The zero-order chi connectivity index (χ0) is 20.2. The van der Waals surface area contributed by atoms with Gasteiger partial charge in [0.2, 0.25) is 5.91 Å². The number of para-hydroxylation sites is 2. The van der Waals surface area contributed by atoms with Crippen molar-refractivity contribution in [2.24, 2.45) is 0 Å². The summed E-state index contributed by atoms with van der Waals surface area (Å²) in [5, 5.41) is 6.61. The van der Waals surface area contributed by atoms with Crippen LogP contribution in [-0.2, 0) is 4.79 Å². The smallest absolute Gasteiger partial charge is 0.256 e. The number of benzene rings is 3. The highest BCUT2D eigenvalue weighted by Gasteiger charge is 2.13. The molecule has 3 aromatic carbocycles. The van der Waals surface area contributed by atoms with E-state index in [4.69, 9.17) is 0 Å². The normalized spacial score (nSPS) is 10.5. The number of amides is 2. The summed E-state index contributed by atoms with van der Waals surface area (Å²) < 4.78 is 0. The van der Waals surface area contributed by atoms with E-state index in [1.54, 1.807) is 12.3 Å². The number of aromatic nitrogens is 1. The minimum absolute atomic E-state index is 0.131. The molecule has 0 aliphatic heterocycles. The molecule has 2 amide bonds. The SMILES string of the molecule is CC(=O)Nc1cccc(-c2ccccc2NC(=O)c2ccnc3ccccc23)c1. The predicted molar refractivity (Wildman–Crippen MR) is 116 cm³/mol. The standard InChI is InChI=1S/C24H19N3O2/c1-16(28)26-18-8-6-7-17(15-18)19-9-2-5-12-23(19)27-24(29)21-13-14-25-22-11-4-3-10-20(21)22/h2-15H,1H3,(H,26,28)(H,27,29). The minimum atomic E-state index is -0.200. The van der Waals surface area contributed by atoms with E-state index in [1.807, 2.05) is 72.8 Å². The molecule has 0 fully saturated rings. The van der Waals surface area contributed by atoms with Crippen LogP contribution >= 0.6 is 0 Å². The Morgan fingerprint density at radius 1 is 0.828 bits per heavy atom. The largest absolute Gasteiger partial charge is 0.326 e. The Labute approximate surface area is 168 Å². The van der Waals surface area contributed by atoms with Crippen LogP contribution in [0.3, 0.4) is 0 Å². The summed E-state index contributed by atoms with van der Waals surface area (Å²) in [6.07, 6.45) is 1.64. The van der Waals surface area contributed by atoms with Crippen molar-refractivity contribution < 1.29 is 9.59 Å². The number of hydrogen-bond donors (Lipinski definition) is 2. The van der Waals surface area contributed by atoms with Crippen molar-refractivity contribution in [1.29, 1.82) is 0 Å². The number of pyridine rings is 1. The molecule has 142 valence electrons. The average Bonchev–Trinajstić information content (AvgIpc) is 2.73. The van der Waals surface area contributed by atoms with Gasteiger partial charge in [-0.15, -0.1) is 0 Å². The van der Waals surface area contributed by atoms with Crippen molar-refractivity contribution in [3.63, 3.8) is 0 Å². The van der Waals surface area contributed by atoms with Gasteiger partial charge in [0.25, 0.3) is 5.91 Å². The van der Waals surface area contributed by atoms with Crippen molar-refractivity contribution in [2.45, 2.75) is 6.92 Å². The summed E-state index contributed by atoms with van der Waals surface area (Å²) in [5.41, 5.74) is 4.50. The second-order valence-electron chi connectivity index (χ2n) is 6.64. The van der Waals surface area contributed by atoms with Crippen LogP contribution in [0.5, 0.6) is 0 Å². The lowest BCUT2D eigenvalue weighted by molar-refractivity contribution is -0.114. The zero-order valence-corrected chi connectivity index (χ0v) is 15.8. The lowest BCUT2D eigenvalue weighted by Crippen LogP contribution is -2.13. The lowest BCUT2D eigenvalue weighted by atomic mass is 10.0. The first-order valence-electron chi connectivity index (χ1n) is 9.24. The maximum atomic E-state index is 13.0. The summed E-state index contributed by atoms with van der Waals surface area (Å²) in [6, 6.07) is 24.4. The molecule has 0 saturated heterocycles. The van der Waals surface area contributed by atoms with E-state index in [9.17, 15) is 9.59 Å². The van der Waals surface area contributed by atoms with Gasteiger partial charge >= 0.3 is 0 Å². The predicted octanol–water partition coefficient (Wildman–Crippen LogP) is 5.11. The van der Waals surface area contributed by atoms with Crippen molar-refractivity contribution in [3.05, 3.63) is 90.6 Å². The van der Waals surface area contributed by atoms with Gasteiger partial charge in [-0.1, -0.05) is 48.5 Å². The fraction of sp³-hybridized carbons (Fsp3) is 0.0417. The van der Waals surface area contributed by atoms with Crippen molar-refractivity contribution in [3.8, 4) is 11.1 Å². The zero-order valence-electron chi connectivity index (χ0n) is 15.8. The van der Waals surface area contributed by atoms with E-state index in [1.165, 1.54) is 6.92 Å². The van der Waals surface area contributed by atoms with Crippen LogP contribution in [0.2, 0.25) is 0 Å². The van der Waals surface area contributed by atoms with Gasteiger partial charge in [-0.05, 0) is 35.9 Å². The molecule has 1 aromatic heterocycles. The number of nitrogens with one attached hydrogen (secondary N) is 2. The third-order valence-corrected chi connectivity index (χ3v) is 4.56. The maximum absolute atomic E-state index is 13.0. The summed E-state index contributed by atoms with van der Waals surface area (Å²) >= 11 is 0. The van der Waals surface area contributed by atoms with E-state index in [-0.39, 0.29) is 11.8 Å². The fourth-order valence-electron chi connectivity index (χ4n) is 3.30. The van der Waals surface area contributed by atoms with Gasteiger partial charge in [-0.25, -0.2) is 0 Å². The molecule has 0 radical (unpaired) electrons. The van der Waals surface area contributed by atoms with E-state index in [0.29, 0.717) is 16.9 Å². The molecule has 0 atom stereocenters. The second kappa shape index (κ2) is 7.94. The average molecular weight is 381 g/mol. The van der Waals surface area contributed by atoms with Crippen LogP contribution < -0.4 is 10.6 Å². The summed E-state index contributed by atoms with van der Waals surface area (Å²) in [7, 11) is 0. The number of nitrogens with zero attached hydrogens (tertiary/aromatic N) is 1. The highest BCUT2D eigenvalue weighted by Crippen LogP contribution is 2.30. The Bertz CT molecular complexity index is 1210. The van der Waals surface area contributed by atoms with Crippen molar-refractivity contribution in [1.82, 2.24) is 4.98 Å². The van der Waals surface area contributed by atoms with Gasteiger partial charge in [0.15, 0.2) is 0 Å². The molecule has 0 aliphatic rings. The van der Waals surface area contributed by atoms with Gasteiger partial charge in [0.05, 0.1) is 11.1 Å². The molecule has 1 heterocycles. The van der Waals surface area contributed by atoms with Gasteiger partial charge < -0.3 is 10.6 Å². The molecule has 0 spiro atoms. The molecule has 0 bridgehead atoms. The Kier molecular flexibility index (Phi) is 5.03. The van der Waals surface area contributed by atoms with Crippen LogP contribution in [0.4, 0.5) is 11.4 Å². The number of fused-ring (bicyclic) bond motifs is 1. The molecular formula is C24H19N3O2. The molecule has 5 nitrogen and oxygen atoms in total. The van der Waals surface area contributed by atoms with Crippen LogP contribution in [0, 0.1) is 0 Å². The summed E-state index contributed by atoms with van der Waals surface area (Å²) in [6.45, 7) is 1.47. The fourth-order valence-corrected chi connectivity index (χ4v) is 3.30. The Hall–Kier alpha value is -3.99. The Morgan fingerprint density at radius 3 is 2.48 bits per heavy atom. The Morgan fingerprint density at radius 2 is 1.62 bits per heavy atom. The molecule has 0 aliphatic carbocycles. The van der Waals surface area contributed by atoms with E-state index >= 15 is 0 Å². The van der Waals surface area contributed by atoms with Crippen LogP contribution in [0.15, 0.2) is 85.1 Å². The van der Waals surface area contributed by atoms with Gasteiger partial charge in [0.1, 0.15) is 0 Å². The summed E-state index contributed by atoms with van der Waals surface area (Å²) in [4.78, 5) is 28.7. The van der Waals surface area contributed by atoms with Gasteiger partial charge in [-0.3, -0.25) is 14.6 Å². The van der Waals surface area contributed by atoms with Crippen LogP contribution in [0.25, 0.3) is 22.0 Å². The lowest BCUT2D eigenvalue weighted by Gasteiger charge is -2.13. The monoisotopic (exact) mass is 381 g/mol. The molecule has 0 unspecified atom stereocenters. The van der Waals surface area contributed by atoms with Crippen molar-refractivity contribution in [2.75, 3.05) is 10.6 Å². The van der Waals surface area contributed by atoms with Crippen molar-refractivity contribution >= 4 is 34.1 Å². The van der Waals surface area contributed by atoms with Gasteiger partial charge in [0, 0.05) is 35.4 Å². The minimum Gasteiger partial charge on any atom is -0.326 e. The molecule has 5 heteroatoms. The van der Waals surface area contributed by atoms with Crippen LogP contribution in [0.1, 0.15) is 17.3 Å². The van der Waals surface area contributed by atoms with Crippen LogP contribution in [-0.4, -0.2) is 16.8 Å².